The summed E-state index contributed by atoms with van der Waals surface area (Å²) in [4.78, 5) is 21.9. The summed E-state index contributed by atoms with van der Waals surface area (Å²) in [6.07, 6.45) is 0.708. The normalized spacial score (nSPS) is 10.2. The highest BCUT2D eigenvalue weighted by Crippen LogP contribution is 2.11. The van der Waals surface area contributed by atoms with E-state index in [-0.39, 0.29) is 12.5 Å². The zero-order chi connectivity index (χ0) is 13.5. The number of nitrogens with zero attached hydrogens (tertiary/aromatic N) is 3. The molecular weight excluding hydrogens is 252 g/mol. The number of carbonyl (C=O) groups is 1. The number of likely N-dealkylation sites (N-methyl/N-ethyl adjacent to an activating group) is 1. The number of hydrogen-bond donors (Lipinski definition) is 1. The van der Waals surface area contributed by atoms with E-state index in [4.69, 9.17) is 11.6 Å². The Morgan fingerprint density at radius 3 is 2.56 bits per heavy atom. The van der Waals surface area contributed by atoms with Gasteiger partial charge in [-0.2, -0.15) is 0 Å². The number of hydrogen-bond acceptors (Lipinski definition) is 4. The molecule has 100 valence electrons. The van der Waals surface area contributed by atoms with E-state index in [1.807, 2.05) is 20.8 Å². The summed E-state index contributed by atoms with van der Waals surface area (Å²) in [6.45, 7) is 7.51. The molecule has 1 amide bonds. The van der Waals surface area contributed by atoms with E-state index in [1.165, 1.54) is 0 Å². The third kappa shape index (κ3) is 4.14. The zero-order valence-electron chi connectivity index (χ0n) is 11.0. The number of anilines is 1. The number of carbonyl (C=O) groups excluding carboxylic acids is 1. The molecule has 1 N–H and O–H groups in total. The molecule has 0 fully saturated rings. The summed E-state index contributed by atoms with van der Waals surface area (Å²) in [5, 5.41) is 3.37. The fourth-order valence-corrected chi connectivity index (χ4v) is 1.77. The highest BCUT2D eigenvalue weighted by Gasteiger charge is 2.09. The predicted molar refractivity (Wildman–Crippen MR) is 72.8 cm³/mol. The Morgan fingerprint density at radius 2 is 2.00 bits per heavy atom. The molecule has 0 aliphatic carbocycles. The monoisotopic (exact) mass is 270 g/mol. The van der Waals surface area contributed by atoms with Crippen LogP contribution in [0.15, 0.2) is 6.07 Å². The standard InChI is InChI=1S/C12H19ClN4O/c1-4-10-15-9(13)7-11(16-10)14-8-12(18)17(5-2)6-3/h7H,4-6,8H2,1-3H3,(H,14,15,16). The second kappa shape index (κ2) is 7.16. The second-order valence-electron chi connectivity index (χ2n) is 3.77. The lowest BCUT2D eigenvalue weighted by atomic mass is 10.4. The molecule has 0 spiro atoms. The van der Waals surface area contributed by atoms with Crippen molar-refractivity contribution < 1.29 is 4.79 Å². The molecule has 0 unspecified atom stereocenters. The van der Waals surface area contributed by atoms with E-state index in [0.29, 0.717) is 36.3 Å². The number of halogens is 1. The first kappa shape index (κ1) is 14.7. The lowest BCUT2D eigenvalue weighted by Crippen LogP contribution is -2.35. The van der Waals surface area contributed by atoms with E-state index in [1.54, 1.807) is 11.0 Å². The van der Waals surface area contributed by atoms with Gasteiger partial charge in [-0.25, -0.2) is 9.97 Å². The molecule has 0 aromatic carbocycles. The molecule has 0 aliphatic heterocycles. The fourth-order valence-electron chi connectivity index (χ4n) is 1.57. The maximum atomic E-state index is 11.8. The van der Waals surface area contributed by atoms with Crippen molar-refractivity contribution in [2.24, 2.45) is 0 Å². The van der Waals surface area contributed by atoms with Gasteiger partial charge in [0.1, 0.15) is 16.8 Å². The van der Waals surface area contributed by atoms with Crippen LogP contribution < -0.4 is 5.32 Å². The molecule has 0 saturated carbocycles. The molecule has 18 heavy (non-hydrogen) atoms. The predicted octanol–water partition coefficient (Wildman–Crippen LogP) is 1.97. The number of rotatable bonds is 6. The third-order valence-electron chi connectivity index (χ3n) is 2.59. The number of amides is 1. The van der Waals surface area contributed by atoms with Gasteiger partial charge in [-0.05, 0) is 13.8 Å². The van der Waals surface area contributed by atoms with Crippen LogP contribution in [-0.4, -0.2) is 40.4 Å². The Labute approximate surface area is 113 Å². The van der Waals surface area contributed by atoms with Crippen LogP contribution in [0.2, 0.25) is 5.15 Å². The summed E-state index contributed by atoms with van der Waals surface area (Å²) < 4.78 is 0. The van der Waals surface area contributed by atoms with Crippen LogP contribution in [0.3, 0.4) is 0 Å². The van der Waals surface area contributed by atoms with Crippen molar-refractivity contribution in [3.8, 4) is 0 Å². The molecule has 1 aromatic rings. The number of nitrogens with one attached hydrogen (secondary N) is 1. The van der Waals surface area contributed by atoms with Crippen LogP contribution in [0, 0.1) is 0 Å². The Bertz CT molecular complexity index is 407. The van der Waals surface area contributed by atoms with Crippen molar-refractivity contribution in [1.82, 2.24) is 14.9 Å². The van der Waals surface area contributed by atoms with E-state index in [2.05, 4.69) is 15.3 Å². The number of aryl methyl sites for hydroxylation is 1. The van der Waals surface area contributed by atoms with Crippen LogP contribution in [0.1, 0.15) is 26.6 Å². The molecule has 1 heterocycles. The molecule has 6 heteroatoms. The molecule has 1 aromatic heterocycles. The van der Waals surface area contributed by atoms with Crippen LogP contribution in [-0.2, 0) is 11.2 Å². The molecule has 0 saturated heterocycles. The Hall–Kier alpha value is -1.36. The van der Waals surface area contributed by atoms with Gasteiger partial charge >= 0.3 is 0 Å². The first-order chi connectivity index (χ1) is 8.60. The largest absolute Gasteiger partial charge is 0.361 e. The second-order valence-corrected chi connectivity index (χ2v) is 4.15. The average molecular weight is 271 g/mol. The van der Waals surface area contributed by atoms with Crippen molar-refractivity contribution in [3.05, 3.63) is 17.0 Å². The number of aromatic nitrogens is 2. The van der Waals surface area contributed by atoms with E-state index < -0.39 is 0 Å². The summed E-state index contributed by atoms with van der Waals surface area (Å²) in [7, 11) is 0. The minimum Gasteiger partial charge on any atom is -0.361 e. The van der Waals surface area contributed by atoms with Gasteiger partial charge in [0, 0.05) is 25.6 Å². The van der Waals surface area contributed by atoms with Crippen molar-refractivity contribution in [2.45, 2.75) is 27.2 Å². The third-order valence-corrected chi connectivity index (χ3v) is 2.79. The summed E-state index contributed by atoms with van der Waals surface area (Å²) in [5.74, 6) is 1.31. The van der Waals surface area contributed by atoms with Gasteiger partial charge in [0.15, 0.2) is 0 Å². The lowest BCUT2D eigenvalue weighted by Gasteiger charge is -2.18. The fraction of sp³-hybridized carbons (Fsp3) is 0.583. The highest BCUT2D eigenvalue weighted by atomic mass is 35.5. The van der Waals surface area contributed by atoms with Crippen molar-refractivity contribution >= 4 is 23.3 Å². The van der Waals surface area contributed by atoms with Crippen LogP contribution in [0.5, 0.6) is 0 Å². The van der Waals surface area contributed by atoms with E-state index in [0.717, 1.165) is 0 Å². The molecule has 5 nitrogen and oxygen atoms in total. The van der Waals surface area contributed by atoms with Crippen LogP contribution in [0.4, 0.5) is 5.82 Å². The van der Waals surface area contributed by atoms with Gasteiger partial charge in [0.25, 0.3) is 0 Å². The lowest BCUT2D eigenvalue weighted by molar-refractivity contribution is -0.128. The molecule has 1 rings (SSSR count). The molecule has 0 radical (unpaired) electrons. The SMILES string of the molecule is CCc1nc(Cl)cc(NCC(=O)N(CC)CC)n1. The average Bonchev–Trinajstić information content (AvgIpc) is 2.37. The maximum Gasteiger partial charge on any atom is 0.241 e. The molecule has 0 bridgehead atoms. The first-order valence-electron chi connectivity index (χ1n) is 6.15. The molecular formula is C12H19ClN4O. The summed E-state index contributed by atoms with van der Waals surface area (Å²) in [5.41, 5.74) is 0. The molecule has 0 atom stereocenters. The van der Waals surface area contributed by atoms with Gasteiger partial charge in [0.2, 0.25) is 5.91 Å². The summed E-state index contributed by atoms with van der Waals surface area (Å²) in [6, 6.07) is 1.62. The van der Waals surface area contributed by atoms with Gasteiger partial charge in [-0.15, -0.1) is 0 Å². The van der Waals surface area contributed by atoms with Gasteiger partial charge in [-0.1, -0.05) is 18.5 Å². The van der Waals surface area contributed by atoms with Gasteiger partial charge < -0.3 is 10.2 Å². The minimum absolute atomic E-state index is 0.0489. The highest BCUT2D eigenvalue weighted by molar-refractivity contribution is 6.29. The smallest absolute Gasteiger partial charge is 0.241 e. The van der Waals surface area contributed by atoms with Crippen molar-refractivity contribution in [1.29, 1.82) is 0 Å². The van der Waals surface area contributed by atoms with Crippen molar-refractivity contribution in [2.75, 3.05) is 25.0 Å². The van der Waals surface area contributed by atoms with E-state index in [9.17, 15) is 4.79 Å². The Balaban J connectivity index is 2.63. The van der Waals surface area contributed by atoms with Crippen LogP contribution in [0.25, 0.3) is 0 Å². The molecule has 0 aliphatic rings. The topological polar surface area (TPSA) is 58.1 Å². The maximum absolute atomic E-state index is 11.8. The van der Waals surface area contributed by atoms with Gasteiger partial charge in [-0.3, -0.25) is 4.79 Å². The quantitative estimate of drug-likeness (QED) is 0.803. The first-order valence-corrected chi connectivity index (χ1v) is 6.53. The van der Waals surface area contributed by atoms with E-state index >= 15 is 0 Å². The summed E-state index contributed by atoms with van der Waals surface area (Å²) >= 11 is 5.87. The minimum atomic E-state index is 0.0489. The Morgan fingerprint density at radius 1 is 1.33 bits per heavy atom. The Kier molecular flexibility index (Phi) is 5.85. The van der Waals surface area contributed by atoms with Crippen LogP contribution >= 0.6 is 11.6 Å². The van der Waals surface area contributed by atoms with Gasteiger partial charge in [0.05, 0.1) is 6.54 Å². The van der Waals surface area contributed by atoms with Crippen molar-refractivity contribution in [3.63, 3.8) is 0 Å². The zero-order valence-corrected chi connectivity index (χ0v) is 11.8.